The number of hydrogen-bond donors (Lipinski definition) is 1. The SMILES string of the molecule is O=C(Nc1ccc2c(c1)CCN2C(=O)c1cccs1)c1c(F)cccc1Cl. The van der Waals surface area contributed by atoms with Crippen LogP contribution in [0, 0.1) is 5.82 Å². The fraction of sp³-hybridized carbons (Fsp3) is 0.100. The Kier molecular flexibility index (Phi) is 4.68. The van der Waals surface area contributed by atoms with Crippen LogP contribution >= 0.6 is 22.9 Å². The lowest BCUT2D eigenvalue weighted by molar-refractivity contribution is 0.0990. The van der Waals surface area contributed by atoms with Crippen molar-refractivity contribution in [2.45, 2.75) is 6.42 Å². The van der Waals surface area contributed by atoms with Gasteiger partial charge in [-0.15, -0.1) is 11.3 Å². The van der Waals surface area contributed by atoms with Crippen LogP contribution in [0.4, 0.5) is 15.8 Å². The summed E-state index contributed by atoms with van der Waals surface area (Å²) in [4.78, 5) is 27.4. The summed E-state index contributed by atoms with van der Waals surface area (Å²) in [5, 5.41) is 4.60. The summed E-state index contributed by atoms with van der Waals surface area (Å²) in [5.74, 6) is -1.31. The molecule has 0 spiro atoms. The Hall–Kier alpha value is -2.70. The molecule has 1 aromatic heterocycles. The summed E-state index contributed by atoms with van der Waals surface area (Å²) in [6, 6.07) is 13.1. The summed E-state index contributed by atoms with van der Waals surface area (Å²) in [5.41, 5.74) is 2.13. The molecule has 2 amide bonds. The van der Waals surface area contributed by atoms with Gasteiger partial charge in [0.05, 0.1) is 15.5 Å². The van der Waals surface area contributed by atoms with Gasteiger partial charge in [0, 0.05) is 17.9 Å². The second-order valence-electron chi connectivity index (χ2n) is 6.08. The molecule has 0 saturated carbocycles. The van der Waals surface area contributed by atoms with Crippen molar-refractivity contribution in [3.63, 3.8) is 0 Å². The number of anilines is 2. The zero-order valence-corrected chi connectivity index (χ0v) is 15.6. The summed E-state index contributed by atoms with van der Waals surface area (Å²) >= 11 is 7.35. The Morgan fingerprint density at radius 1 is 1.15 bits per heavy atom. The van der Waals surface area contributed by atoms with E-state index in [1.807, 2.05) is 17.5 Å². The minimum atomic E-state index is -0.672. The number of nitrogens with zero attached hydrogens (tertiary/aromatic N) is 1. The molecule has 7 heteroatoms. The van der Waals surface area contributed by atoms with Gasteiger partial charge in [0.15, 0.2) is 0 Å². The molecule has 0 unspecified atom stereocenters. The highest BCUT2D eigenvalue weighted by Crippen LogP contribution is 2.32. The van der Waals surface area contributed by atoms with Crippen LogP contribution in [0.3, 0.4) is 0 Å². The molecule has 0 atom stereocenters. The second-order valence-corrected chi connectivity index (χ2v) is 7.43. The Morgan fingerprint density at radius 3 is 2.74 bits per heavy atom. The van der Waals surface area contributed by atoms with E-state index < -0.39 is 11.7 Å². The third kappa shape index (κ3) is 3.34. The zero-order chi connectivity index (χ0) is 19.0. The molecular weight excluding hydrogens is 387 g/mol. The van der Waals surface area contributed by atoms with E-state index in [9.17, 15) is 14.0 Å². The van der Waals surface area contributed by atoms with Crippen molar-refractivity contribution in [1.82, 2.24) is 0 Å². The Morgan fingerprint density at radius 2 is 2.00 bits per heavy atom. The number of amides is 2. The van der Waals surface area contributed by atoms with E-state index in [4.69, 9.17) is 11.6 Å². The van der Waals surface area contributed by atoms with Crippen LogP contribution < -0.4 is 10.2 Å². The molecule has 1 N–H and O–H groups in total. The first-order valence-electron chi connectivity index (χ1n) is 8.28. The van der Waals surface area contributed by atoms with Crippen LogP contribution in [0.1, 0.15) is 25.6 Å². The maximum Gasteiger partial charge on any atom is 0.268 e. The van der Waals surface area contributed by atoms with Gasteiger partial charge >= 0.3 is 0 Å². The van der Waals surface area contributed by atoms with E-state index in [-0.39, 0.29) is 16.5 Å². The van der Waals surface area contributed by atoms with Crippen LogP contribution in [0.25, 0.3) is 0 Å². The van der Waals surface area contributed by atoms with Crippen LogP contribution in [0.15, 0.2) is 53.9 Å². The predicted molar refractivity (Wildman–Crippen MR) is 106 cm³/mol. The molecule has 4 nitrogen and oxygen atoms in total. The molecule has 2 heterocycles. The van der Waals surface area contributed by atoms with E-state index in [0.717, 1.165) is 11.3 Å². The van der Waals surface area contributed by atoms with Gasteiger partial charge in [0.2, 0.25) is 0 Å². The zero-order valence-electron chi connectivity index (χ0n) is 14.0. The van der Waals surface area contributed by atoms with E-state index in [1.165, 1.54) is 29.5 Å². The summed E-state index contributed by atoms with van der Waals surface area (Å²) in [6.07, 6.45) is 0.691. The molecular formula is C20H14ClFN2O2S. The van der Waals surface area contributed by atoms with E-state index >= 15 is 0 Å². The predicted octanol–water partition coefficient (Wildman–Crippen LogP) is 5.00. The second kappa shape index (κ2) is 7.13. The van der Waals surface area contributed by atoms with Crippen LogP contribution in [-0.4, -0.2) is 18.4 Å². The van der Waals surface area contributed by atoms with Crippen LogP contribution in [0.5, 0.6) is 0 Å². The van der Waals surface area contributed by atoms with Gasteiger partial charge in [-0.1, -0.05) is 23.7 Å². The van der Waals surface area contributed by atoms with E-state index in [1.54, 1.807) is 23.1 Å². The topological polar surface area (TPSA) is 49.4 Å². The summed E-state index contributed by atoms with van der Waals surface area (Å²) < 4.78 is 13.9. The van der Waals surface area contributed by atoms with Gasteiger partial charge in [0.25, 0.3) is 11.8 Å². The number of hydrogen-bond acceptors (Lipinski definition) is 3. The van der Waals surface area contributed by atoms with Crippen molar-refractivity contribution >= 4 is 46.1 Å². The normalized spacial score (nSPS) is 12.7. The minimum Gasteiger partial charge on any atom is -0.322 e. The van der Waals surface area contributed by atoms with Crippen LogP contribution in [0.2, 0.25) is 5.02 Å². The number of halogens is 2. The number of rotatable bonds is 3. The van der Waals surface area contributed by atoms with Crippen molar-refractivity contribution in [3.8, 4) is 0 Å². The van der Waals surface area contributed by atoms with E-state index in [2.05, 4.69) is 5.32 Å². The molecule has 136 valence electrons. The molecule has 4 rings (SSSR count). The highest BCUT2D eigenvalue weighted by Gasteiger charge is 2.26. The molecule has 0 aliphatic carbocycles. The average Bonchev–Trinajstić information content (AvgIpc) is 3.31. The highest BCUT2D eigenvalue weighted by atomic mass is 35.5. The Balaban J connectivity index is 1.56. The van der Waals surface area contributed by atoms with Gasteiger partial charge in [-0.05, 0) is 53.8 Å². The fourth-order valence-corrected chi connectivity index (χ4v) is 4.05. The van der Waals surface area contributed by atoms with Crippen molar-refractivity contribution in [3.05, 3.63) is 80.8 Å². The van der Waals surface area contributed by atoms with Gasteiger partial charge < -0.3 is 10.2 Å². The smallest absolute Gasteiger partial charge is 0.268 e. The number of nitrogens with one attached hydrogen (secondary N) is 1. The minimum absolute atomic E-state index is 0.0290. The number of carbonyl (C=O) groups is 2. The van der Waals surface area contributed by atoms with Crippen molar-refractivity contribution < 1.29 is 14.0 Å². The third-order valence-corrected chi connectivity index (χ3v) is 5.57. The first kappa shape index (κ1) is 17.7. The number of carbonyl (C=O) groups excluding carboxylic acids is 2. The molecule has 0 radical (unpaired) electrons. The molecule has 3 aromatic rings. The fourth-order valence-electron chi connectivity index (χ4n) is 3.13. The third-order valence-electron chi connectivity index (χ3n) is 4.40. The van der Waals surface area contributed by atoms with Gasteiger partial charge in [0.1, 0.15) is 5.82 Å². The lowest BCUT2D eigenvalue weighted by Crippen LogP contribution is -2.28. The molecule has 2 aromatic carbocycles. The van der Waals surface area contributed by atoms with Gasteiger partial charge in [-0.3, -0.25) is 9.59 Å². The van der Waals surface area contributed by atoms with E-state index in [0.29, 0.717) is 23.5 Å². The maximum atomic E-state index is 13.9. The number of benzene rings is 2. The lowest BCUT2D eigenvalue weighted by Gasteiger charge is -2.17. The molecule has 0 saturated heterocycles. The average molecular weight is 401 g/mol. The molecule has 1 aliphatic heterocycles. The van der Waals surface area contributed by atoms with Crippen molar-refractivity contribution in [2.75, 3.05) is 16.8 Å². The van der Waals surface area contributed by atoms with Crippen molar-refractivity contribution in [2.24, 2.45) is 0 Å². The molecule has 27 heavy (non-hydrogen) atoms. The maximum absolute atomic E-state index is 13.9. The first-order chi connectivity index (χ1) is 13.0. The summed E-state index contributed by atoms with van der Waals surface area (Å²) in [6.45, 7) is 0.586. The number of fused-ring (bicyclic) bond motifs is 1. The Bertz CT molecular complexity index is 1020. The number of thiophene rings is 1. The molecule has 0 bridgehead atoms. The van der Waals surface area contributed by atoms with Crippen LogP contribution in [-0.2, 0) is 6.42 Å². The molecule has 1 aliphatic rings. The largest absolute Gasteiger partial charge is 0.322 e. The first-order valence-corrected chi connectivity index (χ1v) is 9.54. The monoisotopic (exact) mass is 400 g/mol. The summed E-state index contributed by atoms with van der Waals surface area (Å²) in [7, 11) is 0. The molecule has 0 fully saturated rings. The van der Waals surface area contributed by atoms with Gasteiger partial charge in [-0.2, -0.15) is 0 Å². The highest BCUT2D eigenvalue weighted by molar-refractivity contribution is 7.12. The van der Waals surface area contributed by atoms with Gasteiger partial charge in [-0.25, -0.2) is 4.39 Å². The standard InChI is InChI=1S/C20H14ClFN2O2S/c21-14-3-1-4-15(22)18(14)19(25)23-13-6-7-16-12(11-13)8-9-24(16)20(26)17-5-2-10-27-17/h1-7,10-11H,8-9H2,(H,23,25). The Labute approximate surface area is 164 Å². The quantitative estimate of drug-likeness (QED) is 0.672. The lowest BCUT2D eigenvalue weighted by atomic mass is 10.1. The van der Waals surface area contributed by atoms with Crippen molar-refractivity contribution in [1.29, 1.82) is 0 Å².